The Morgan fingerprint density at radius 2 is 1.93 bits per heavy atom. The first kappa shape index (κ1) is 9.99. The van der Waals surface area contributed by atoms with E-state index in [-0.39, 0.29) is 0 Å². The minimum absolute atomic E-state index is 0.508. The van der Waals surface area contributed by atoms with Crippen LogP contribution in [0, 0.1) is 6.92 Å². The Morgan fingerprint density at radius 3 is 2.67 bits per heavy atom. The fraction of sp³-hybridized carbons (Fsp3) is 0.0833. The van der Waals surface area contributed by atoms with E-state index in [2.05, 4.69) is 4.98 Å². The minimum atomic E-state index is 0.508. The van der Waals surface area contributed by atoms with Crippen molar-refractivity contribution < 1.29 is 0 Å². The SMILES string of the molecule is Cc1ccccc1-c1cc(Cl)cnc1N. The van der Waals surface area contributed by atoms with Gasteiger partial charge in [0, 0.05) is 11.8 Å². The van der Waals surface area contributed by atoms with Crippen LogP contribution in [0.25, 0.3) is 11.1 Å². The Hall–Kier alpha value is -1.54. The zero-order chi connectivity index (χ0) is 10.8. The maximum absolute atomic E-state index is 5.90. The van der Waals surface area contributed by atoms with Gasteiger partial charge < -0.3 is 5.73 Å². The number of rotatable bonds is 1. The Bertz CT molecular complexity index is 495. The normalized spacial score (nSPS) is 10.3. The van der Waals surface area contributed by atoms with Crippen molar-refractivity contribution in [3.63, 3.8) is 0 Å². The van der Waals surface area contributed by atoms with E-state index >= 15 is 0 Å². The van der Waals surface area contributed by atoms with Crippen LogP contribution in [0.15, 0.2) is 36.5 Å². The van der Waals surface area contributed by atoms with E-state index in [4.69, 9.17) is 17.3 Å². The van der Waals surface area contributed by atoms with Crippen LogP contribution in [-0.2, 0) is 0 Å². The first-order valence-electron chi connectivity index (χ1n) is 4.65. The number of halogens is 1. The summed E-state index contributed by atoms with van der Waals surface area (Å²) in [5, 5.41) is 0.599. The molecule has 3 heteroatoms. The lowest BCUT2D eigenvalue weighted by Crippen LogP contribution is -1.94. The van der Waals surface area contributed by atoms with E-state index in [0.717, 1.165) is 16.7 Å². The molecule has 2 N–H and O–H groups in total. The van der Waals surface area contributed by atoms with Crippen LogP contribution in [0.4, 0.5) is 5.82 Å². The lowest BCUT2D eigenvalue weighted by Gasteiger charge is -2.08. The lowest BCUT2D eigenvalue weighted by atomic mass is 10.0. The van der Waals surface area contributed by atoms with Crippen LogP contribution >= 0.6 is 11.6 Å². The van der Waals surface area contributed by atoms with Crippen molar-refractivity contribution in [3.8, 4) is 11.1 Å². The molecule has 0 saturated heterocycles. The van der Waals surface area contributed by atoms with Gasteiger partial charge in [-0.25, -0.2) is 4.98 Å². The fourth-order valence-corrected chi connectivity index (χ4v) is 1.70. The molecule has 1 aromatic carbocycles. The number of pyridine rings is 1. The third-order valence-electron chi connectivity index (χ3n) is 2.32. The molecule has 2 aromatic rings. The van der Waals surface area contributed by atoms with Gasteiger partial charge in [0.15, 0.2) is 0 Å². The topological polar surface area (TPSA) is 38.9 Å². The Morgan fingerprint density at radius 1 is 1.20 bits per heavy atom. The number of hydrogen-bond acceptors (Lipinski definition) is 2. The molecule has 15 heavy (non-hydrogen) atoms. The third kappa shape index (κ3) is 1.95. The largest absolute Gasteiger partial charge is 0.383 e. The zero-order valence-electron chi connectivity index (χ0n) is 8.37. The van der Waals surface area contributed by atoms with Crippen LogP contribution in [0.2, 0.25) is 5.02 Å². The predicted molar refractivity (Wildman–Crippen MR) is 63.8 cm³/mol. The van der Waals surface area contributed by atoms with Gasteiger partial charge in [0.2, 0.25) is 0 Å². The van der Waals surface area contributed by atoms with Gasteiger partial charge in [-0.15, -0.1) is 0 Å². The first-order chi connectivity index (χ1) is 7.18. The molecule has 0 spiro atoms. The van der Waals surface area contributed by atoms with Gasteiger partial charge in [0.05, 0.1) is 5.02 Å². The molecular weight excluding hydrogens is 208 g/mol. The molecule has 0 aliphatic carbocycles. The lowest BCUT2D eigenvalue weighted by molar-refractivity contribution is 1.33. The van der Waals surface area contributed by atoms with Gasteiger partial charge in [-0.05, 0) is 24.1 Å². The molecule has 0 aliphatic heterocycles. The van der Waals surface area contributed by atoms with Gasteiger partial charge in [-0.1, -0.05) is 35.9 Å². The molecule has 0 bridgehead atoms. The van der Waals surface area contributed by atoms with Crippen LogP contribution < -0.4 is 5.73 Å². The average molecular weight is 219 g/mol. The predicted octanol–water partition coefficient (Wildman–Crippen LogP) is 3.29. The summed E-state index contributed by atoms with van der Waals surface area (Å²) in [5.74, 6) is 0.508. The monoisotopic (exact) mass is 218 g/mol. The molecule has 0 unspecified atom stereocenters. The maximum atomic E-state index is 5.90. The second kappa shape index (κ2) is 3.91. The smallest absolute Gasteiger partial charge is 0.131 e. The van der Waals surface area contributed by atoms with Crippen LogP contribution in [0.5, 0.6) is 0 Å². The van der Waals surface area contributed by atoms with Crippen molar-refractivity contribution in [2.45, 2.75) is 6.92 Å². The number of benzene rings is 1. The molecule has 0 saturated carbocycles. The molecule has 1 aromatic heterocycles. The highest BCUT2D eigenvalue weighted by molar-refractivity contribution is 6.30. The van der Waals surface area contributed by atoms with E-state index in [9.17, 15) is 0 Å². The highest BCUT2D eigenvalue weighted by Crippen LogP contribution is 2.29. The maximum Gasteiger partial charge on any atom is 0.131 e. The molecule has 76 valence electrons. The molecule has 2 rings (SSSR count). The minimum Gasteiger partial charge on any atom is -0.383 e. The summed E-state index contributed by atoms with van der Waals surface area (Å²) in [6.07, 6.45) is 1.55. The number of hydrogen-bond donors (Lipinski definition) is 1. The summed E-state index contributed by atoms with van der Waals surface area (Å²) >= 11 is 5.90. The summed E-state index contributed by atoms with van der Waals surface area (Å²) < 4.78 is 0. The average Bonchev–Trinajstić information content (AvgIpc) is 2.23. The highest BCUT2D eigenvalue weighted by Gasteiger charge is 2.06. The van der Waals surface area contributed by atoms with Gasteiger partial charge in [0.1, 0.15) is 5.82 Å². The van der Waals surface area contributed by atoms with Gasteiger partial charge in [-0.2, -0.15) is 0 Å². The Balaban J connectivity index is 2.64. The van der Waals surface area contributed by atoms with Crippen molar-refractivity contribution in [2.24, 2.45) is 0 Å². The Kier molecular flexibility index (Phi) is 2.60. The summed E-state index contributed by atoms with van der Waals surface area (Å²) in [7, 11) is 0. The molecule has 2 nitrogen and oxygen atoms in total. The molecule has 1 heterocycles. The second-order valence-corrected chi connectivity index (χ2v) is 3.84. The van der Waals surface area contributed by atoms with Crippen molar-refractivity contribution in [3.05, 3.63) is 47.1 Å². The standard InChI is InChI=1S/C12H11ClN2/c1-8-4-2-3-5-10(8)11-6-9(13)7-15-12(11)14/h2-7H,1H3,(H2,14,15). The number of nitrogen functional groups attached to an aromatic ring is 1. The summed E-state index contributed by atoms with van der Waals surface area (Å²) in [6, 6.07) is 9.86. The summed E-state index contributed by atoms with van der Waals surface area (Å²) in [4.78, 5) is 4.04. The van der Waals surface area contributed by atoms with E-state index < -0.39 is 0 Å². The van der Waals surface area contributed by atoms with E-state index in [1.54, 1.807) is 6.20 Å². The van der Waals surface area contributed by atoms with Crippen molar-refractivity contribution in [1.29, 1.82) is 0 Å². The third-order valence-corrected chi connectivity index (χ3v) is 2.53. The number of aryl methyl sites for hydroxylation is 1. The molecule has 0 amide bonds. The van der Waals surface area contributed by atoms with Gasteiger partial charge in [0.25, 0.3) is 0 Å². The van der Waals surface area contributed by atoms with Crippen LogP contribution in [0.1, 0.15) is 5.56 Å². The van der Waals surface area contributed by atoms with Crippen molar-refractivity contribution >= 4 is 17.4 Å². The van der Waals surface area contributed by atoms with Crippen molar-refractivity contribution in [2.75, 3.05) is 5.73 Å². The van der Waals surface area contributed by atoms with Crippen LogP contribution in [0.3, 0.4) is 0 Å². The number of nitrogens with zero attached hydrogens (tertiary/aromatic N) is 1. The molecule has 0 aliphatic rings. The zero-order valence-corrected chi connectivity index (χ0v) is 9.12. The van der Waals surface area contributed by atoms with E-state index in [1.165, 1.54) is 0 Å². The van der Waals surface area contributed by atoms with Gasteiger partial charge >= 0.3 is 0 Å². The number of aromatic nitrogens is 1. The highest BCUT2D eigenvalue weighted by atomic mass is 35.5. The quantitative estimate of drug-likeness (QED) is 0.798. The van der Waals surface area contributed by atoms with Crippen molar-refractivity contribution in [1.82, 2.24) is 4.98 Å². The molecular formula is C12H11ClN2. The summed E-state index contributed by atoms with van der Waals surface area (Å²) in [6.45, 7) is 2.04. The number of anilines is 1. The fourth-order valence-electron chi connectivity index (χ4n) is 1.54. The molecule has 0 radical (unpaired) electrons. The second-order valence-electron chi connectivity index (χ2n) is 3.40. The van der Waals surface area contributed by atoms with Crippen LogP contribution in [-0.4, -0.2) is 4.98 Å². The summed E-state index contributed by atoms with van der Waals surface area (Å²) in [5.41, 5.74) is 8.94. The number of nitrogens with two attached hydrogens (primary N) is 1. The first-order valence-corrected chi connectivity index (χ1v) is 5.03. The molecule has 0 fully saturated rings. The van der Waals surface area contributed by atoms with Gasteiger partial charge in [-0.3, -0.25) is 0 Å². The van der Waals surface area contributed by atoms with E-state index in [0.29, 0.717) is 10.8 Å². The Labute approximate surface area is 93.7 Å². The molecule has 0 atom stereocenters. The van der Waals surface area contributed by atoms with E-state index in [1.807, 2.05) is 37.3 Å².